The van der Waals surface area contributed by atoms with E-state index in [1.165, 1.54) is 6.42 Å². The van der Waals surface area contributed by atoms with Crippen LogP contribution >= 0.6 is 0 Å². The molecule has 0 radical (unpaired) electrons. The zero-order chi connectivity index (χ0) is 12.0. The number of aliphatic hydroxyl groups is 1. The van der Waals surface area contributed by atoms with Gasteiger partial charge in [-0.25, -0.2) is 0 Å². The summed E-state index contributed by atoms with van der Waals surface area (Å²) in [5.74, 6) is 0.872. The Bertz CT molecular complexity index is 212. The molecular weight excluding hydrogens is 202 g/mol. The van der Waals surface area contributed by atoms with Crippen molar-refractivity contribution in [3.8, 4) is 0 Å². The number of carbonyl (C=O) groups is 1. The molecule has 0 unspecified atom stereocenters. The predicted octanol–water partition coefficient (Wildman–Crippen LogP) is 2.19. The van der Waals surface area contributed by atoms with Crippen molar-refractivity contribution in [2.45, 2.75) is 58.4 Å². The Kier molecular flexibility index (Phi) is 5.81. The van der Waals surface area contributed by atoms with Crippen molar-refractivity contribution in [1.29, 1.82) is 0 Å². The van der Waals surface area contributed by atoms with Crippen LogP contribution in [0.5, 0.6) is 0 Å². The fourth-order valence-corrected chi connectivity index (χ4v) is 2.01. The summed E-state index contributed by atoms with van der Waals surface area (Å²) in [5.41, 5.74) is 0. The Balaban J connectivity index is 2.37. The van der Waals surface area contributed by atoms with Gasteiger partial charge < -0.3 is 10.0 Å². The number of rotatable bonds is 7. The molecule has 16 heavy (non-hydrogen) atoms. The van der Waals surface area contributed by atoms with E-state index >= 15 is 0 Å². The van der Waals surface area contributed by atoms with Crippen molar-refractivity contribution in [3.63, 3.8) is 0 Å². The van der Waals surface area contributed by atoms with E-state index in [1.807, 2.05) is 4.90 Å². The molecule has 1 aliphatic rings. The molecule has 0 heterocycles. The molecule has 1 saturated carbocycles. The third-order valence-electron chi connectivity index (χ3n) is 3.33. The van der Waals surface area contributed by atoms with E-state index in [0.29, 0.717) is 24.8 Å². The maximum absolute atomic E-state index is 12.0. The Hall–Kier alpha value is -0.570. The van der Waals surface area contributed by atoms with Gasteiger partial charge in [-0.3, -0.25) is 4.79 Å². The molecule has 0 bridgehead atoms. The second kappa shape index (κ2) is 6.89. The lowest BCUT2D eigenvalue weighted by molar-refractivity contribution is -0.135. The van der Waals surface area contributed by atoms with E-state index in [0.717, 1.165) is 25.8 Å². The fraction of sp³-hybridized carbons (Fsp3) is 0.923. The highest BCUT2D eigenvalue weighted by atomic mass is 16.3. The second-order valence-corrected chi connectivity index (χ2v) is 5.18. The van der Waals surface area contributed by atoms with Crippen LogP contribution < -0.4 is 0 Å². The molecule has 0 aromatic heterocycles. The van der Waals surface area contributed by atoms with Crippen LogP contribution in [0.2, 0.25) is 0 Å². The van der Waals surface area contributed by atoms with Gasteiger partial charge >= 0.3 is 0 Å². The molecule has 1 aliphatic carbocycles. The van der Waals surface area contributed by atoms with Gasteiger partial charge in [0.1, 0.15) is 0 Å². The van der Waals surface area contributed by atoms with Crippen LogP contribution in [0.15, 0.2) is 0 Å². The van der Waals surface area contributed by atoms with Crippen LogP contribution in [0.1, 0.15) is 52.4 Å². The van der Waals surface area contributed by atoms with Crippen LogP contribution in [0.25, 0.3) is 0 Å². The molecule has 0 aliphatic heterocycles. The molecular formula is C13H25NO2. The molecule has 1 rings (SSSR count). The predicted molar refractivity (Wildman–Crippen MR) is 65.1 cm³/mol. The van der Waals surface area contributed by atoms with Gasteiger partial charge in [-0.1, -0.05) is 13.8 Å². The van der Waals surface area contributed by atoms with E-state index in [1.54, 1.807) is 0 Å². The Labute approximate surface area is 98.8 Å². The van der Waals surface area contributed by atoms with Crippen molar-refractivity contribution in [3.05, 3.63) is 0 Å². The monoisotopic (exact) mass is 227 g/mol. The molecule has 3 heteroatoms. The first kappa shape index (κ1) is 13.5. The minimum absolute atomic E-state index is 0.181. The molecule has 0 spiro atoms. The van der Waals surface area contributed by atoms with Crippen molar-refractivity contribution < 1.29 is 9.90 Å². The minimum Gasteiger partial charge on any atom is -0.396 e. The first-order valence-corrected chi connectivity index (χ1v) is 6.55. The van der Waals surface area contributed by atoms with Gasteiger partial charge in [0.2, 0.25) is 5.91 Å². The standard InChI is InChI=1S/C13H25NO2/c1-11(2)7-8-13(16)14(9-4-10-15)12-5-3-6-12/h11-12,15H,3-10H2,1-2H3. The summed E-state index contributed by atoms with van der Waals surface area (Å²) in [6.07, 6.45) is 5.90. The summed E-state index contributed by atoms with van der Waals surface area (Å²) < 4.78 is 0. The van der Waals surface area contributed by atoms with Crippen molar-refractivity contribution >= 4 is 5.91 Å². The number of hydrogen-bond acceptors (Lipinski definition) is 2. The minimum atomic E-state index is 0.181. The zero-order valence-electron chi connectivity index (χ0n) is 10.6. The topological polar surface area (TPSA) is 40.5 Å². The van der Waals surface area contributed by atoms with Gasteiger partial charge in [0.15, 0.2) is 0 Å². The number of hydrogen-bond donors (Lipinski definition) is 1. The molecule has 3 nitrogen and oxygen atoms in total. The van der Waals surface area contributed by atoms with Crippen molar-refractivity contribution in [1.82, 2.24) is 4.90 Å². The van der Waals surface area contributed by atoms with E-state index in [2.05, 4.69) is 13.8 Å². The van der Waals surface area contributed by atoms with Gasteiger partial charge in [-0.05, 0) is 38.0 Å². The number of amides is 1. The van der Waals surface area contributed by atoms with Gasteiger partial charge in [0.05, 0.1) is 0 Å². The highest BCUT2D eigenvalue weighted by Gasteiger charge is 2.27. The van der Waals surface area contributed by atoms with Crippen molar-refractivity contribution in [2.24, 2.45) is 5.92 Å². The largest absolute Gasteiger partial charge is 0.396 e. The average molecular weight is 227 g/mol. The lowest BCUT2D eigenvalue weighted by Crippen LogP contribution is -2.44. The second-order valence-electron chi connectivity index (χ2n) is 5.18. The quantitative estimate of drug-likeness (QED) is 0.724. The number of carbonyl (C=O) groups excluding carboxylic acids is 1. The smallest absolute Gasteiger partial charge is 0.222 e. The molecule has 0 aromatic carbocycles. The van der Waals surface area contributed by atoms with Crippen LogP contribution in [-0.2, 0) is 4.79 Å². The van der Waals surface area contributed by atoms with E-state index in [-0.39, 0.29) is 12.5 Å². The molecule has 1 N–H and O–H groups in total. The first-order valence-electron chi connectivity index (χ1n) is 6.55. The van der Waals surface area contributed by atoms with Gasteiger partial charge in [-0.2, -0.15) is 0 Å². The Morgan fingerprint density at radius 2 is 2.12 bits per heavy atom. The van der Waals surface area contributed by atoms with Crippen LogP contribution in [0, 0.1) is 5.92 Å². The number of nitrogens with zero attached hydrogens (tertiary/aromatic N) is 1. The van der Waals surface area contributed by atoms with Crippen LogP contribution in [-0.4, -0.2) is 35.1 Å². The molecule has 0 saturated heterocycles. The van der Waals surface area contributed by atoms with Gasteiger partial charge in [0, 0.05) is 25.6 Å². The molecule has 1 fully saturated rings. The molecule has 1 amide bonds. The Morgan fingerprint density at radius 3 is 2.56 bits per heavy atom. The third kappa shape index (κ3) is 4.12. The summed E-state index contributed by atoms with van der Waals surface area (Å²) >= 11 is 0. The molecule has 94 valence electrons. The zero-order valence-corrected chi connectivity index (χ0v) is 10.6. The average Bonchev–Trinajstić information content (AvgIpc) is 2.17. The number of aliphatic hydroxyl groups excluding tert-OH is 1. The summed E-state index contributed by atoms with van der Waals surface area (Å²) in [4.78, 5) is 14.0. The highest BCUT2D eigenvalue weighted by molar-refractivity contribution is 5.76. The van der Waals surface area contributed by atoms with Crippen LogP contribution in [0.3, 0.4) is 0 Å². The third-order valence-corrected chi connectivity index (χ3v) is 3.33. The Morgan fingerprint density at radius 1 is 1.44 bits per heavy atom. The van der Waals surface area contributed by atoms with E-state index in [4.69, 9.17) is 5.11 Å². The lowest BCUT2D eigenvalue weighted by atomic mass is 9.91. The van der Waals surface area contributed by atoms with Crippen LogP contribution in [0.4, 0.5) is 0 Å². The molecule has 0 aromatic rings. The SMILES string of the molecule is CC(C)CCC(=O)N(CCCO)C1CCC1. The van der Waals surface area contributed by atoms with Gasteiger partial charge in [0.25, 0.3) is 0 Å². The van der Waals surface area contributed by atoms with Crippen molar-refractivity contribution in [2.75, 3.05) is 13.2 Å². The van der Waals surface area contributed by atoms with Gasteiger partial charge in [-0.15, -0.1) is 0 Å². The lowest BCUT2D eigenvalue weighted by Gasteiger charge is -2.37. The summed E-state index contributed by atoms with van der Waals surface area (Å²) in [5, 5.41) is 8.85. The maximum atomic E-state index is 12.0. The summed E-state index contributed by atoms with van der Waals surface area (Å²) in [7, 11) is 0. The normalized spacial score (nSPS) is 16.2. The highest BCUT2D eigenvalue weighted by Crippen LogP contribution is 2.26. The van der Waals surface area contributed by atoms with E-state index < -0.39 is 0 Å². The summed E-state index contributed by atoms with van der Waals surface area (Å²) in [6.45, 7) is 5.21. The molecule has 0 atom stereocenters. The first-order chi connectivity index (χ1) is 7.65. The van der Waals surface area contributed by atoms with E-state index in [9.17, 15) is 4.79 Å². The summed E-state index contributed by atoms with van der Waals surface area (Å²) in [6, 6.07) is 0.464. The maximum Gasteiger partial charge on any atom is 0.222 e. The fourth-order valence-electron chi connectivity index (χ4n) is 2.01.